The van der Waals surface area contributed by atoms with Gasteiger partial charge in [0.25, 0.3) is 0 Å². The lowest BCUT2D eigenvalue weighted by atomic mass is 10.1. The fourth-order valence-corrected chi connectivity index (χ4v) is 3.33. The largest absolute Gasteiger partial charge is 0.303 e. The molecule has 0 spiro atoms. The molecule has 1 nitrogen and oxygen atoms in total. The van der Waals surface area contributed by atoms with Gasteiger partial charge in [-0.25, -0.2) is 0 Å². The molecular formula is C22H47N. The van der Waals surface area contributed by atoms with Gasteiger partial charge in [-0.3, -0.25) is 0 Å². The molecule has 0 aliphatic heterocycles. The summed E-state index contributed by atoms with van der Waals surface area (Å²) in [4.78, 5) is 2.77. The number of nitrogens with zero attached hydrogens (tertiary/aromatic N) is 1. The summed E-state index contributed by atoms with van der Waals surface area (Å²) >= 11 is 0. The second kappa shape index (κ2) is 20.0. The van der Waals surface area contributed by atoms with Crippen LogP contribution in [-0.2, 0) is 0 Å². The average Bonchev–Trinajstić information content (AvgIpc) is 2.57. The molecule has 0 aliphatic carbocycles. The molecule has 0 N–H and O–H groups in total. The molecule has 0 bridgehead atoms. The van der Waals surface area contributed by atoms with Crippen molar-refractivity contribution in [2.24, 2.45) is 0 Å². The molecule has 0 unspecified atom stereocenters. The number of rotatable bonds is 19. The van der Waals surface area contributed by atoms with E-state index in [0.29, 0.717) is 0 Å². The van der Waals surface area contributed by atoms with E-state index in [4.69, 9.17) is 0 Å². The van der Waals surface area contributed by atoms with Crippen molar-refractivity contribution in [2.75, 3.05) is 19.6 Å². The lowest BCUT2D eigenvalue weighted by molar-refractivity contribution is 0.254. The molecule has 0 saturated heterocycles. The summed E-state index contributed by atoms with van der Waals surface area (Å²) in [5.41, 5.74) is 0. The standard InChI is InChI=1S/C22H47N/c1-4-7-10-13-15-18-21-23(20-17-12-9-6-3)22-19-16-14-11-8-5-2/h4-22H2,1-3H3. The summed E-state index contributed by atoms with van der Waals surface area (Å²) < 4.78 is 0. The van der Waals surface area contributed by atoms with Crippen LogP contribution in [0.4, 0.5) is 0 Å². The minimum atomic E-state index is 1.35. The van der Waals surface area contributed by atoms with Gasteiger partial charge in [0, 0.05) is 0 Å². The highest BCUT2D eigenvalue weighted by Gasteiger charge is 2.04. The van der Waals surface area contributed by atoms with E-state index in [1.807, 2.05) is 0 Å². The maximum absolute atomic E-state index is 2.77. The Bertz CT molecular complexity index is 186. The van der Waals surface area contributed by atoms with Gasteiger partial charge in [0.2, 0.25) is 0 Å². The zero-order valence-corrected chi connectivity index (χ0v) is 16.9. The Balaban J connectivity index is 3.70. The summed E-state index contributed by atoms with van der Waals surface area (Å²) in [6, 6.07) is 0. The molecule has 0 saturated carbocycles. The molecule has 0 fully saturated rings. The zero-order chi connectivity index (χ0) is 17.0. The molecular weight excluding hydrogens is 278 g/mol. The summed E-state index contributed by atoms with van der Waals surface area (Å²) in [5.74, 6) is 0. The fourth-order valence-electron chi connectivity index (χ4n) is 3.33. The molecule has 1 heteroatoms. The highest BCUT2D eigenvalue weighted by Crippen LogP contribution is 2.10. The number of hydrogen-bond acceptors (Lipinski definition) is 1. The molecule has 0 radical (unpaired) electrons. The van der Waals surface area contributed by atoms with Crippen LogP contribution >= 0.6 is 0 Å². The van der Waals surface area contributed by atoms with E-state index in [2.05, 4.69) is 25.7 Å². The van der Waals surface area contributed by atoms with E-state index in [0.717, 1.165) is 0 Å². The van der Waals surface area contributed by atoms with Crippen molar-refractivity contribution in [3.05, 3.63) is 0 Å². The molecule has 23 heavy (non-hydrogen) atoms. The Hall–Kier alpha value is -0.0400. The van der Waals surface area contributed by atoms with E-state index in [-0.39, 0.29) is 0 Å². The first kappa shape index (κ1) is 23.0. The number of hydrogen-bond donors (Lipinski definition) is 0. The molecule has 0 aromatic heterocycles. The second-order valence-electron chi connectivity index (χ2n) is 7.44. The van der Waals surface area contributed by atoms with Crippen molar-refractivity contribution >= 4 is 0 Å². The zero-order valence-electron chi connectivity index (χ0n) is 16.9. The van der Waals surface area contributed by atoms with Crippen molar-refractivity contribution in [1.29, 1.82) is 0 Å². The van der Waals surface area contributed by atoms with Gasteiger partial charge in [0.1, 0.15) is 0 Å². The Kier molecular flexibility index (Phi) is 20.0. The van der Waals surface area contributed by atoms with Crippen molar-refractivity contribution < 1.29 is 0 Å². The van der Waals surface area contributed by atoms with Crippen LogP contribution in [0.3, 0.4) is 0 Å². The monoisotopic (exact) mass is 325 g/mol. The predicted molar refractivity (Wildman–Crippen MR) is 107 cm³/mol. The van der Waals surface area contributed by atoms with Gasteiger partial charge in [0.05, 0.1) is 0 Å². The smallest absolute Gasteiger partial charge is 0.00187 e. The fraction of sp³-hybridized carbons (Fsp3) is 1.00. The van der Waals surface area contributed by atoms with Crippen molar-refractivity contribution in [1.82, 2.24) is 4.90 Å². The van der Waals surface area contributed by atoms with Crippen LogP contribution in [0.5, 0.6) is 0 Å². The topological polar surface area (TPSA) is 3.24 Å². The summed E-state index contributed by atoms with van der Waals surface area (Å²) in [7, 11) is 0. The van der Waals surface area contributed by atoms with Crippen molar-refractivity contribution in [3.63, 3.8) is 0 Å². The highest BCUT2D eigenvalue weighted by atomic mass is 15.1. The third-order valence-electron chi connectivity index (χ3n) is 4.98. The van der Waals surface area contributed by atoms with Gasteiger partial charge >= 0.3 is 0 Å². The van der Waals surface area contributed by atoms with E-state index in [9.17, 15) is 0 Å². The van der Waals surface area contributed by atoms with Crippen molar-refractivity contribution in [2.45, 2.75) is 124 Å². The Morgan fingerprint density at radius 2 is 0.609 bits per heavy atom. The van der Waals surface area contributed by atoms with Crippen LogP contribution < -0.4 is 0 Å². The lowest BCUT2D eigenvalue weighted by Crippen LogP contribution is -2.27. The summed E-state index contributed by atoms with van der Waals surface area (Å²) in [5, 5.41) is 0. The van der Waals surface area contributed by atoms with Crippen LogP contribution in [0.1, 0.15) is 124 Å². The van der Waals surface area contributed by atoms with Gasteiger partial charge in [0.15, 0.2) is 0 Å². The first-order valence-electron chi connectivity index (χ1n) is 11.1. The highest BCUT2D eigenvalue weighted by molar-refractivity contribution is 4.60. The number of unbranched alkanes of at least 4 members (excludes halogenated alkanes) is 13. The lowest BCUT2D eigenvalue weighted by Gasteiger charge is -2.22. The summed E-state index contributed by atoms with van der Waals surface area (Å²) in [6.07, 6.45) is 22.7. The second-order valence-corrected chi connectivity index (χ2v) is 7.44. The molecule has 0 aromatic carbocycles. The SMILES string of the molecule is CCCCCCCCN(CCCCCC)CCCCCCCC. The van der Waals surface area contributed by atoms with E-state index in [1.165, 1.54) is 122 Å². The molecule has 0 heterocycles. The molecule has 0 aliphatic rings. The molecule has 0 rings (SSSR count). The van der Waals surface area contributed by atoms with Crippen LogP contribution in [0.2, 0.25) is 0 Å². The minimum Gasteiger partial charge on any atom is -0.303 e. The van der Waals surface area contributed by atoms with E-state index < -0.39 is 0 Å². The van der Waals surface area contributed by atoms with Crippen LogP contribution in [-0.4, -0.2) is 24.5 Å². The van der Waals surface area contributed by atoms with Gasteiger partial charge in [-0.05, 0) is 38.9 Å². The predicted octanol–water partition coefficient (Wildman–Crippen LogP) is 7.59. The molecule has 0 aromatic rings. The molecule has 140 valence electrons. The molecule has 0 atom stereocenters. The normalized spacial score (nSPS) is 11.5. The third kappa shape index (κ3) is 18.1. The van der Waals surface area contributed by atoms with Crippen LogP contribution in [0.15, 0.2) is 0 Å². The van der Waals surface area contributed by atoms with Gasteiger partial charge in [-0.1, -0.05) is 104 Å². The Labute approximate surface area is 148 Å². The first-order valence-corrected chi connectivity index (χ1v) is 11.1. The Morgan fingerprint density at radius 3 is 0.957 bits per heavy atom. The average molecular weight is 326 g/mol. The summed E-state index contributed by atoms with van der Waals surface area (Å²) in [6.45, 7) is 11.0. The van der Waals surface area contributed by atoms with Gasteiger partial charge in [-0.2, -0.15) is 0 Å². The Morgan fingerprint density at radius 1 is 0.348 bits per heavy atom. The van der Waals surface area contributed by atoms with Crippen molar-refractivity contribution in [3.8, 4) is 0 Å². The maximum atomic E-state index is 2.77. The molecule has 0 amide bonds. The van der Waals surface area contributed by atoms with Crippen LogP contribution in [0.25, 0.3) is 0 Å². The van der Waals surface area contributed by atoms with E-state index in [1.54, 1.807) is 0 Å². The van der Waals surface area contributed by atoms with Gasteiger partial charge in [-0.15, -0.1) is 0 Å². The van der Waals surface area contributed by atoms with Gasteiger partial charge < -0.3 is 4.90 Å². The third-order valence-corrected chi connectivity index (χ3v) is 4.98. The van der Waals surface area contributed by atoms with Crippen LogP contribution in [0, 0.1) is 0 Å². The quantitative estimate of drug-likeness (QED) is 0.221. The van der Waals surface area contributed by atoms with E-state index >= 15 is 0 Å². The minimum absolute atomic E-state index is 1.35. The maximum Gasteiger partial charge on any atom is -0.00187 e. The first-order chi connectivity index (χ1) is 11.3.